The number of nitrogens with one attached hydrogen (secondary N) is 1. The van der Waals surface area contributed by atoms with Crippen LogP contribution in [0.1, 0.15) is 45.8 Å². The highest BCUT2D eigenvalue weighted by Crippen LogP contribution is 2.27. The van der Waals surface area contributed by atoms with Gasteiger partial charge in [-0.05, 0) is 55.5 Å². The van der Waals surface area contributed by atoms with Gasteiger partial charge < -0.3 is 19.7 Å². The molecule has 1 N–H and O–H groups in total. The predicted octanol–water partition coefficient (Wildman–Crippen LogP) is 2.70. The Morgan fingerprint density at radius 1 is 1.00 bits per heavy atom. The molecule has 1 fully saturated rings. The first-order valence-corrected chi connectivity index (χ1v) is 9.88. The molecule has 0 atom stereocenters. The molecule has 0 radical (unpaired) electrons. The van der Waals surface area contributed by atoms with E-state index in [1.54, 1.807) is 32.4 Å². The van der Waals surface area contributed by atoms with Gasteiger partial charge in [0.1, 0.15) is 11.4 Å². The number of aromatic nitrogens is 1. The highest BCUT2D eigenvalue weighted by molar-refractivity contribution is 5.96. The molecule has 3 rings (SSSR count). The van der Waals surface area contributed by atoms with Crippen LogP contribution < -0.4 is 14.8 Å². The number of pyridine rings is 1. The van der Waals surface area contributed by atoms with Crippen molar-refractivity contribution in [1.82, 2.24) is 15.2 Å². The Balaban J connectivity index is 1.57. The van der Waals surface area contributed by atoms with Crippen molar-refractivity contribution >= 4 is 11.8 Å². The zero-order valence-corrected chi connectivity index (χ0v) is 16.9. The summed E-state index contributed by atoms with van der Waals surface area (Å²) in [5, 5.41) is 2.86. The lowest BCUT2D eigenvalue weighted by molar-refractivity contribution is 0.0718. The van der Waals surface area contributed by atoms with Crippen LogP contribution in [0.3, 0.4) is 0 Å². The van der Waals surface area contributed by atoms with Crippen LogP contribution in [0, 0.1) is 0 Å². The van der Waals surface area contributed by atoms with Gasteiger partial charge in [0, 0.05) is 19.6 Å². The van der Waals surface area contributed by atoms with Crippen molar-refractivity contribution in [2.75, 3.05) is 33.9 Å². The third-order valence-electron chi connectivity index (χ3n) is 4.99. The molecule has 1 aliphatic rings. The fourth-order valence-corrected chi connectivity index (χ4v) is 3.39. The minimum atomic E-state index is -0.293. The van der Waals surface area contributed by atoms with Gasteiger partial charge in [-0.25, -0.2) is 4.98 Å². The number of likely N-dealkylation sites (tertiary alicyclic amines) is 1. The molecule has 7 nitrogen and oxygen atoms in total. The molecule has 0 aliphatic carbocycles. The van der Waals surface area contributed by atoms with Crippen molar-refractivity contribution in [3.05, 3.63) is 53.3 Å². The Morgan fingerprint density at radius 3 is 2.45 bits per heavy atom. The van der Waals surface area contributed by atoms with Crippen molar-refractivity contribution in [3.63, 3.8) is 0 Å². The summed E-state index contributed by atoms with van der Waals surface area (Å²) in [6.07, 6.45) is 3.82. The van der Waals surface area contributed by atoms with Crippen LogP contribution in [-0.4, -0.2) is 55.6 Å². The molecule has 1 aliphatic heterocycles. The molecule has 1 aromatic heterocycles. The van der Waals surface area contributed by atoms with E-state index in [0.29, 0.717) is 30.2 Å². The second kappa shape index (κ2) is 9.91. The SMILES string of the molecule is COc1ccc(CCNC(=O)c2cccc(C(=O)N3CCCCC3)n2)cc1OC. The molecule has 7 heteroatoms. The molecule has 1 aromatic carbocycles. The van der Waals surface area contributed by atoms with E-state index in [1.807, 2.05) is 23.1 Å². The van der Waals surface area contributed by atoms with E-state index in [1.165, 1.54) is 0 Å². The van der Waals surface area contributed by atoms with Crippen molar-refractivity contribution in [3.8, 4) is 11.5 Å². The monoisotopic (exact) mass is 397 g/mol. The van der Waals surface area contributed by atoms with E-state index in [-0.39, 0.29) is 17.5 Å². The van der Waals surface area contributed by atoms with Gasteiger partial charge in [0.25, 0.3) is 11.8 Å². The van der Waals surface area contributed by atoms with Gasteiger partial charge in [0.2, 0.25) is 0 Å². The smallest absolute Gasteiger partial charge is 0.272 e. The minimum absolute atomic E-state index is 0.107. The van der Waals surface area contributed by atoms with Gasteiger partial charge in [-0.15, -0.1) is 0 Å². The zero-order chi connectivity index (χ0) is 20.6. The number of methoxy groups -OCH3 is 2. The van der Waals surface area contributed by atoms with Crippen LogP contribution in [0.25, 0.3) is 0 Å². The second-order valence-corrected chi connectivity index (χ2v) is 6.96. The molecule has 2 aromatic rings. The van der Waals surface area contributed by atoms with Crippen LogP contribution in [0.15, 0.2) is 36.4 Å². The number of amides is 2. The van der Waals surface area contributed by atoms with E-state index in [4.69, 9.17) is 9.47 Å². The minimum Gasteiger partial charge on any atom is -0.493 e. The van der Waals surface area contributed by atoms with Gasteiger partial charge >= 0.3 is 0 Å². The normalized spacial score (nSPS) is 13.7. The molecular formula is C22H27N3O4. The highest BCUT2D eigenvalue weighted by atomic mass is 16.5. The van der Waals surface area contributed by atoms with Crippen molar-refractivity contribution in [2.45, 2.75) is 25.7 Å². The lowest BCUT2D eigenvalue weighted by Crippen LogP contribution is -2.36. The fraction of sp³-hybridized carbons (Fsp3) is 0.409. The third-order valence-corrected chi connectivity index (χ3v) is 4.99. The summed E-state index contributed by atoms with van der Waals surface area (Å²) in [5.74, 6) is 0.921. The number of benzene rings is 1. The summed E-state index contributed by atoms with van der Waals surface area (Å²) >= 11 is 0. The maximum Gasteiger partial charge on any atom is 0.272 e. The Hall–Kier alpha value is -3.09. The lowest BCUT2D eigenvalue weighted by Gasteiger charge is -2.26. The average molecular weight is 397 g/mol. The van der Waals surface area contributed by atoms with Gasteiger partial charge in [-0.3, -0.25) is 9.59 Å². The molecule has 0 spiro atoms. The highest BCUT2D eigenvalue weighted by Gasteiger charge is 2.20. The summed E-state index contributed by atoms with van der Waals surface area (Å²) in [5.41, 5.74) is 1.59. The van der Waals surface area contributed by atoms with Crippen LogP contribution >= 0.6 is 0 Å². The van der Waals surface area contributed by atoms with Crippen LogP contribution in [0.2, 0.25) is 0 Å². The summed E-state index contributed by atoms with van der Waals surface area (Å²) in [6, 6.07) is 10.7. The maximum absolute atomic E-state index is 12.6. The summed E-state index contributed by atoms with van der Waals surface area (Å²) < 4.78 is 10.5. The molecule has 2 amide bonds. The van der Waals surface area contributed by atoms with Gasteiger partial charge in [0.15, 0.2) is 11.5 Å². The van der Waals surface area contributed by atoms with Crippen molar-refractivity contribution < 1.29 is 19.1 Å². The topological polar surface area (TPSA) is 80.8 Å². The Kier molecular flexibility index (Phi) is 7.05. The van der Waals surface area contributed by atoms with Crippen LogP contribution in [0.4, 0.5) is 0 Å². The molecular weight excluding hydrogens is 370 g/mol. The van der Waals surface area contributed by atoms with Crippen molar-refractivity contribution in [1.29, 1.82) is 0 Å². The van der Waals surface area contributed by atoms with Crippen LogP contribution in [-0.2, 0) is 6.42 Å². The first kappa shape index (κ1) is 20.6. The molecule has 0 saturated carbocycles. The quantitative estimate of drug-likeness (QED) is 0.777. The third kappa shape index (κ3) is 5.25. The van der Waals surface area contributed by atoms with E-state index >= 15 is 0 Å². The first-order valence-electron chi connectivity index (χ1n) is 9.88. The first-order chi connectivity index (χ1) is 14.1. The van der Waals surface area contributed by atoms with E-state index in [2.05, 4.69) is 10.3 Å². The van der Waals surface area contributed by atoms with Gasteiger partial charge in [-0.2, -0.15) is 0 Å². The Bertz CT molecular complexity index is 863. The zero-order valence-electron chi connectivity index (χ0n) is 16.9. The summed E-state index contributed by atoms with van der Waals surface area (Å²) in [4.78, 5) is 31.2. The van der Waals surface area contributed by atoms with E-state index in [9.17, 15) is 9.59 Å². The Morgan fingerprint density at radius 2 is 1.72 bits per heavy atom. The van der Waals surface area contributed by atoms with E-state index in [0.717, 1.165) is 37.9 Å². The molecule has 154 valence electrons. The lowest BCUT2D eigenvalue weighted by atomic mass is 10.1. The maximum atomic E-state index is 12.6. The molecule has 1 saturated heterocycles. The second-order valence-electron chi connectivity index (χ2n) is 6.96. The molecule has 29 heavy (non-hydrogen) atoms. The predicted molar refractivity (Wildman–Crippen MR) is 110 cm³/mol. The number of carbonyl (C=O) groups is 2. The number of carbonyl (C=O) groups excluding carboxylic acids is 2. The van der Waals surface area contributed by atoms with Crippen molar-refractivity contribution in [2.24, 2.45) is 0 Å². The number of hydrogen-bond donors (Lipinski definition) is 1. The summed E-state index contributed by atoms with van der Waals surface area (Å²) in [7, 11) is 3.18. The Labute approximate surface area is 171 Å². The average Bonchev–Trinajstić information content (AvgIpc) is 2.79. The van der Waals surface area contributed by atoms with Gasteiger partial charge in [0.05, 0.1) is 14.2 Å². The largest absolute Gasteiger partial charge is 0.493 e. The van der Waals surface area contributed by atoms with E-state index < -0.39 is 0 Å². The standard InChI is InChI=1S/C22H27N3O4/c1-28-19-10-9-16(15-20(19)29-2)11-12-23-21(26)17-7-6-8-18(24-17)22(27)25-13-4-3-5-14-25/h6-10,15H,3-5,11-14H2,1-2H3,(H,23,26). The molecule has 2 heterocycles. The summed E-state index contributed by atoms with van der Waals surface area (Å²) in [6.45, 7) is 1.95. The number of rotatable bonds is 7. The molecule has 0 bridgehead atoms. The number of piperidine rings is 1. The van der Waals surface area contributed by atoms with Crippen LogP contribution in [0.5, 0.6) is 11.5 Å². The fourth-order valence-electron chi connectivity index (χ4n) is 3.39. The molecule has 0 unspecified atom stereocenters. The number of ether oxygens (including phenoxy) is 2. The number of nitrogens with zero attached hydrogens (tertiary/aromatic N) is 2. The number of hydrogen-bond acceptors (Lipinski definition) is 5. The van der Waals surface area contributed by atoms with Gasteiger partial charge in [-0.1, -0.05) is 12.1 Å².